The van der Waals surface area contributed by atoms with Gasteiger partial charge in [0, 0.05) is 31.6 Å². The van der Waals surface area contributed by atoms with Crippen molar-refractivity contribution < 1.29 is 48.9 Å². The fraction of sp³-hybridized carbons (Fsp3) is 0.613. The summed E-state index contributed by atoms with van der Waals surface area (Å²) in [5.41, 5.74) is 5.70. The van der Waals surface area contributed by atoms with Gasteiger partial charge in [-0.05, 0) is 45.1 Å². The Bertz CT molecular complexity index is 1420. The summed E-state index contributed by atoms with van der Waals surface area (Å²) < 4.78 is 0. The number of amides is 7. The minimum absolute atomic E-state index is 0.0918. The fourth-order valence-electron chi connectivity index (χ4n) is 5.30. The molecule has 1 aliphatic heterocycles. The molecule has 0 bridgehead atoms. The third-order valence-electron chi connectivity index (χ3n) is 8.03. The molecule has 1 aromatic rings. The molecule has 0 spiro atoms. The van der Waals surface area contributed by atoms with Gasteiger partial charge in [-0.15, -0.1) is 0 Å². The maximum absolute atomic E-state index is 13.7. The van der Waals surface area contributed by atoms with E-state index in [1.165, 1.54) is 38.8 Å². The number of pyridine rings is 1. The normalized spacial score (nSPS) is 17.2. The number of primary amides is 1. The lowest BCUT2D eigenvalue weighted by Gasteiger charge is -2.32. The van der Waals surface area contributed by atoms with E-state index < -0.39 is 96.7 Å². The quantitative estimate of drug-likeness (QED) is 0.0829. The number of hydrogen-bond acceptors (Lipinski definition) is 11. The second kappa shape index (κ2) is 18.1. The molecule has 0 aromatic carbocycles. The topological polar surface area (TPSA) is 282 Å². The summed E-state index contributed by atoms with van der Waals surface area (Å²) in [7, 11) is 0. The number of aromatic nitrogens is 1. The van der Waals surface area contributed by atoms with Crippen LogP contribution in [-0.2, 0) is 46.6 Å². The number of hydrogen-bond donors (Lipinski definition) is 9. The van der Waals surface area contributed by atoms with E-state index in [4.69, 9.17) is 5.73 Å². The second-order valence-corrected chi connectivity index (χ2v) is 12.4. The first-order chi connectivity index (χ1) is 22.9. The highest BCUT2D eigenvalue weighted by Gasteiger charge is 2.40. The van der Waals surface area contributed by atoms with Crippen molar-refractivity contribution in [2.75, 3.05) is 13.1 Å². The molecule has 1 saturated heterocycles. The predicted molar refractivity (Wildman–Crippen MR) is 173 cm³/mol. The Labute approximate surface area is 283 Å². The van der Waals surface area contributed by atoms with Gasteiger partial charge < -0.3 is 52.5 Å². The van der Waals surface area contributed by atoms with Crippen LogP contribution in [0.2, 0.25) is 0 Å². The molecule has 6 atom stereocenters. The number of nitrogens with zero attached hydrogens (tertiary/aromatic N) is 2. The number of nitrogens with one attached hydrogen (secondary N) is 5. The zero-order chi connectivity index (χ0) is 37.2. The van der Waals surface area contributed by atoms with Gasteiger partial charge in [-0.25, -0.2) is 0 Å². The van der Waals surface area contributed by atoms with E-state index >= 15 is 0 Å². The molecular weight excluding hydrogens is 644 g/mol. The highest BCUT2D eigenvalue weighted by Crippen LogP contribution is 2.25. The predicted octanol–water partition coefficient (Wildman–Crippen LogP) is -3.26. The van der Waals surface area contributed by atoms with E-state index in [2.05, 4.69) is 31.6 Å². The first kappa shape index (κ1) is 40.3. The van der Waals surface area contributed by atoms with Gasteiger partial charge in [0.15, 0.2) is 0 Å². The highest BCUT2D eigenvalue weighted by molar-refractivity contribution is 5.97. The summed E-state index contributed by atoms with van der Waals surface area (Å²) in [4.78, 5) is 94.4. The molecule has 7 amide bonds. The van der Waals surface area contributed by atoms with Crippen LogP contribution in [0.3, 0.4) is 0 Å². The van der Waals surface area contributed by atoms with Crippen molar-refractivity contribution in [1.82, 2.24) is 36.5 Å². The lowest BCUT2D eigenvalue weighted by molar-refractivity contribution is -0.143. The minimum Gasteiger partial charge on any atom is -0.506 e. The molecule has 272 valence electrons. The van der Waals surface area contributed by atoms with Crippen LogP contribution in [0.1, 0.15) is 64.3 Å². The zero-order valence-electron chi connectivity index (χ0n) is 28.5. The molecule has 1 fully saturated rings. The van der Waals surface area contributed by atoms with Crippen molar-refractivity contribution in [3.8, 4) is 5.75 Å². The number of carbonyl (C=O) groups is 7. The van der Waals surface area contributed by atoms with E-state index in [0.717, 1.165) is 0 Å². The summed E-state index contributed by atoms with van der Waals surface area (Å²) in [5, 5.41) is 42.4. The Morgan fingerprint density at radius 2 is 1.63 bits per heavy atom. The number of aryl methyl sites for hydroxylation is 1. The van der Waals surface area contributed by atoms with Gasteiger partial charge in [0.1, 0.15) is 36.0 Å². The van der Waals surface area contributed by atoms with Crippen LogP contribution in [0, 0.1) is 12.8 Å². The maximum atomic E-state index is 13.7. The molecule has 49 heavy (non-hydrogen) atoms. The Morgan fingerprint density at radius 3 is 2.18 bits per heavy atom. The first-order valence-corrected chi connectivity index (χ1v) is 15.9. The summed E-state index contributed by atoms with van der Waals surface area (Å²) in [6.07, 6.45) is 0.543. The van der Waals surface area contributed by atoms with Gasteiger partial charge >= 0.3 is 0 Å². The van der Waals surface area contributed by atoms with Gasteiger partial charge in [-0.1, -0.05) is 13.8 Å². The molecule has 0 radical (unpaired) electrons. The molecular formula is C31H48N8O10. The molecule has 0 saturated carbocycles. The van der Waals surface area contributed by atoms with Crippen molar-refractivity contribution in [2.45, 2.75) is 104 Å². The van der Waals surface area contributed by atoms with E-state index in [1.807, 2.05) is 0 Å². The van der Waals surface area contributed by atoms with E-state index in [0.29, 0.717) is 6.42 Å². The number of rotatable bonds is 16. The van der Waals surface area contributed by atoms with Crippen molar-refractivity contribution in [2.24, 2.45) is 11.7 Å². The second-order valence-electron chi connectivity index (χ2n) is 12.4. The minimum atomic E-state index is -1.34. The molecule has 1 aliphatic rings. The standard InChI is InChI=1S/C31H48N8O10/c1-14(2)24(38-30(48)25(17(5)41)36-18(6)42)31(49)39-9-7-8-22(39)29(47)35-16(4)27(45)37-21(28(46)34-12-23(32)43)10-19-11-33-15(3)26(44)20(19)13-40/h11,14,16-17,21-22,24-25,40-41,44H,7-10,12-13H2,1-6H3,(H2,32,43)(H,34,46)(H,35,47)(H,36,42)(H,37,45)(H,38,48)/t16-,17-,21+,22+,24+,25+/m1/s1. The fourth-order valence-corrected chi connectivity index (χ4v) is 5.30. The Balaban J connectivity index is 2.20. The molecule has 1 aromatic heterocycles. The van der Waals surface area contributed by atoms with Crippen LogP contribution < -0.4 is 32.3 Å². The third kappa shape index (κ3) is 11.1. The monoisotopic (exact) mass is 692 g/mol. The summed E-state index contributed by atoms with van der Waals surface area (Å²) >= 11 is 0. The average Bonchev–Trinajstić information content (AvgIpc) is 3.52. The zero-order valence-corrected chi connectivity index (χ0v) is 28.5. The van der Waals surface area contributed by atoms with Gasteiger partial charge in [-0.2, -0.15) is 0 Å². The Kier molecular flexibility index (Phi) is 14.9. The summed E-state index contributed by atoms with van der Waals surface area (Å²) in [6.45, 7) is 7.81. The maximum Gasteiger partial charge on any atom is 0.246 e. The molecule has 10 N–H and O–H groups in total. The smallest absolute Gasteiger partial charge is 0.246 e. The van der Waals surface area contributed by atoms with Gasteiger partial charge in [-0.3, -0.25) is 38.5 Å². The molecule has 2 rings (SSSR count). The van der Waals surface area contributed by atoms with Gasteiger partial charge in [0.25, 0.3) is 0 Å². The Hall–Kier alpha value is -4.84. The number of aliphatic hydroxyl groups is 2. The van der Waals surface area contributed by atoms with Crippen LogP contribution in [0.25, 0.3) is 0 Å². The van der Waals surface area contributed by atoms with E-state index in [-0.39, 0.29) is 42.0 Å². The summed E-state index contributed by atoms with van der Waals surface area (Å²) in [5.74, 6) is -5.72. The van der Waals surface area contributed by atoms with Crippen LogP contribution in [0.15, 0.2) is 6.20 Å². The molecule has 18 nitrogen and oxygen atoms in total. The number of aromatic hydroxyl groups is 1. The van der Waals surface area contributed by atoms with Gasteiger partial charge in [0.2, 0.25) is 41.4 Å². The molecule has 0 unspecified atom stereocenters. The average molecular weight is 693 g/mol. The molecule has 2 heterocycles. The largest absolute Gasteiger partial charge is 0.506 e. The van der Waals surface area contributed by atoms with Gasteiger partial charge in [0.05, 0.1) is 24.9 Å². The molecule has 18 heteroatoms. The van der Waals surface area contributed by atoms with Crippen molar-refractivity contribution >= 4 is 41.4 Å². The Morgan fingerprint density at radius 1 is 0.980 bits per heavy atom. The van der Waals surface area contributed by atoms with Crippen LogP contribution in [0.5, 0.6) is 5.75 Å². The molecule has 0 aliphatic carbocycles. The van der Waals surface area contributed by atoms with Crippen LogP contribution >= 0.6 is 0 Å². The van der Waals surface area contributed by atoms with Crippen molar-refractivity contribution in [3.63, 3.8) is 0 Å². The highest BCUT2D eigenvalue weighted by atomic mass is 16.3. The van der Waals surface area contributed by atoms with E-state index in [9.17, 15) is 48.9 Å². The first-order valence-electron chi connectivity index (χ1n) is 15.9. The number of carbonyl (C=O) groups excluding carboxylic acids is 7. The van der Waals surface area contributed by atoms with E-state index in [1.54, 1.807) is 13.8 Å². The SMILES string of the molecule is CC(=O)N[C@H](C(=O)N[C@H](C(=O)N1CCC[C@H]1C(=O)N[C@H](C)C(=O)N[C@@H](Cc1cnc(C)c(O)c1CO)C(=O)NCC(N)=O)C(C)C)[C@@H](C)O. The number of likely N-dealkylation sites (tertiary alicyclic amines) is 1. The number of aliphatic hydroxyl groups excluding tert-OH is 2. The van der Waals surface area contributed by atoms with Crippen molar-refractivity contribution in [1.29, 1.82) is 0 Å². The lowest BCUT2D eigenvalue weighted by Crippen LogP contribution is -2.60. The van der Waals surface area contributed by atoms with Crippen molar-refractivity contribution in [3.05, 3.63) is 23.0 Å². The third-order valence-corrected chi connectivity index (χ3v) is 8.03. The number of nitrogens with two attached hydrogens (primary N) is 1. The lowest BCUT2D eigenvalue weighted by atomic mass is 10.00. The summed E-state index contributed by atoms with van der Waals surface area (Å²) in [6, 6.07) is -5.97. The van der Waals surface area contributed by atoms with Crippen LogP contribution in [-0.4, -0.2) is 116 Å². The van der Waals surface area contributed by atoms with Crippen LogP contribution in [0.4, 0.5) is 0 Å².